The number of anilines is 1. The number of carbonyl (C=O) groups is 1. The molecule has 2 rings (SSSR count). The summed E-state index contributed by atoms with van der Waals surface area (Å²) in [6, 6.07) is 7.05. The first-order valence-corrected chi connectivity index (χ1v) is 5.17. The van der Waals surface area contributed by atoms with Crippen LogP contribution in [-0.4, -0.2) is 33.0 Å². The van der Waals surface area contributed by atoms with E-state index in [1.54, 1.807) is 24.3 Å². The van der Waals surface area contributed by atoms with E-state index in [2.05, 4.69) is 32.6 Å². The molecule has 90 valence electrons. The molecule has 2 aromatic rings. The van der Waals surface area contributed by atoms with Crippen molar-refractivity contribution < 1.29 is 9.90 Å². The van der Waals surface area contributed by atoms with Crippen molar-refractivity contribution >= 4 is 11.6 Å². The van der Waals surface area contributed by atoms with Gasteiger partial charge in [0.2, 0.25) is 0 Å². The van der Waals surface area contributed by atoms with Crippen LogP contribution < -0.4 is 5.32 Å². The highest BCUT2D eigenvalue weighted by molar-refractivity contribution is 6.03. The summed E-state index contributed by atoms with van der Waals surface area (Å²) in [4.78, 5) is 11.8. The molecule has 0 atom stereocenters. The number of rotatable bonds is 2. The molecule has 0 aliphatic heterocycles. The molecule has 1 heterocycles. The number of para-hydroxylation sites is 1. The molecule has 0 aliphatic rings. The fourth-order valence-corrected chi connectivity index (χ4v) is 1.33. The van der Waals surface area contributed by atoms with Crippen molar-refractivity contribution in [2.45, 2.75) is 0 Å². The van der Waals surface area contributed by atoms with E-state index < -0.39 is 0 Å². The molecular formula is C12H10N4O2. The molecule has 3 N–H and O–H groups in total. The number of aliphatic hydroxyl groups is 1. The van der Waals surface area contributed by atoms with Gasteiger partial charge in [0, 0.05) is 5.56 Å². The van der Waals surface area contributed by atoms with Crippen molar-refractivity contribution in [2.24, 2.45) is 0 Å². The molecule has 0 bridgehead atoms. The molecule has 1 aromatic heterocycles. The largest absolute Gasteiger partial charge is 0.384 e. The minimum absolute atomic E-state index is 0.194. The van der Waals surface area contributed by atoms with Crippen LogP contribution in [0.15, 0.2) is 30.5 Å². The molecule has 0 fully saturated rings. The summed E-state index contributed by atoms with van der Waals surface area (Å²) in [5.41, 5.74) is 1.38. The van der Waals surface area contributed by atoms with Crippen LogP contribution in [0.2, 0.25) is 0 Å². The van der Waals surface area contributed by atoms with Gasteiger partial charge in [-0.15, -0.1) is 0 Å². The maximum Gasteiger partial charge on any atom is 0.277 e. The molecule has 0 unspecified atom stereocenters. The molecule has 0 aliphatic carbocycles. The Bertz CT molecular complexity index is 596. The summed E-state index contributed by atoms with van der Waals surface area (Å²) in [5.74, 6) is 4.91. The maximum atomic E-state index is 11.8. The number of hydrogen-bond donors (Lipinski definition) is 3. The van der Waals surface area contributed by atoms with Crippen LogP contribution in [0.1, 0.15) is 16.1 Å². The molecule has 0 saturated heterocycles. The van der Waals surface area contributed by atoms with E-state index in [4.69, 9.17) is 5.11 Å². The zero-order valence-electron chi connectivity index (χ0n) is 9.34. The lowest BCUT2D eigenvalue weighted by Gasteiger charge is -2.05. The van der Waals surface area contributed by atoms with E-state index in [9.17, 15) is 4.79 Å². The van der Waals surface area contributed by atoms with Crippen LogP contribution in [0.25, 0.3) is 0 Å². The number of benzene rings is 1. The maximum absolute atomic E-state index is 11.8. The highest BCUT2D eigenvalue weighted by Gasteiger charge is 2.10. The average Bonchev–Trinajstić information content (AvgIpc) is 2.91. The first-order chi connectivity index (χ1) is 8.81. The van der Waals surface area contributed by atoms with Crippen molar-refractivity contribution in [3.05, 3.63) is 41.7 Å². The van der Waals surface area contributed by atoms with Gasteiger partial charge in [0.25, 0.3) is 5.91 Å². The van der Waals surface area contributed by atoms with Crippen LogP contribution in [0, 0.1) is 11.8 Å². The number of nitrogens with zero attached hydrogens (tertiary/aromatic N) is 2. The van der Waals surface area contributed by atoms with Gasteiger partial charge in [0.15, 0.2) is 5.69 Å². The second-order valence-corrected chi connectivity index (χ2v) is 3.31. The summed E-state index contributed by atoms with van der Waals surface area (Å²) >= 11 is 0. The minimum Gasteiger partial charge on any atom is -0.384 e. The van der Waals surface area contributed by atoms with Crippen LogP contribution in [0.4, 0.5) is 5.69 Å². The van der Waals surface area contributed by atoms with E-state index in [1.165, 1.54) is 6.20 Å². The second kappa shape index (κ2) is 5.61. The first-order valence-electron chi connectivity index (χ1n) is 5.17. The zero-order chi connectivity index (χ0) is 12.8. The normalized spacial score (nSPS) is 9.39. The summed E-state index contributed by atoms with van der Waals surface area (Å²) < 4.78 is 0. The predicted molar refractivity (Wildman–Crippen MR) is 64.7 cm³/mol. The van der Waals surface area contributed by atoms with E-state index in [0.717, 1.165) is 0 Å². The first kappa shape index (κ1) is 11.8. The Balaban J connectivity index is 2.21. The van der Waals surface area contributed by atoms with Gasteiger partial charge in [-0.2, -0.15) is 15.4 Å². The number of aromatic nitrogens is 3. The van der Waals surface area contributed by atoms with E-state index in [-0.39, 0.29) is 18.2 Å². The van der Waals surface area contributed by atoms with Crippen molar-refractivity contribution in [1.82, 2.24) is 15.4 Å². The Morgan fingerprint density at radius 2 is 2.28 bits per heavy atom. The molecule has 6 nitrogen and oxygen atoms in total. The number of amides is 1. The van der Waals surface area contributed by atoms with Gasteiger partial charge in [-0.1, -0.05) is 24.0 Å². The molecule has 0 saturated carbocycles. The summed E-state index contributed by atoms with van der Waals surface area (Å²) in [5, 5.41) is 20.9. The zero-order valence-corrected chi connectivity index (χ0v) is 9.34. The highest BCUT2D eigenvalue weighted by Crippen LogP contribution is 2.14. The Morgan fingerprint density at radius 3 is 3.00 bits per heavy atom. The van der Waals surface area contributed by atoms with Crippen molar-refractivity contribution in [3.63, 3.8) is 0 Å². The number of H-pyrrole nitrogens is 1. The lowest BCUT2D eigenvalue weighted by Crippen LogP contribution is -2.13. The Labute approximate surface area is 103 Å². The van der Waals surface area contributed by atoms with Gasteiger partial charge in [-0.3, -0.25) is 4.79 Å². The molecular weight excluding hydrogens is 232 g/mol. The molecule has 1 amide bonds. The monoisotopic (exact) mass is 242 g/mol. The van der Waals surface area contributed by atoms with Crippen LogP contribution in [0.3, 0.4) is 0 Å². The van der Waals surface area contributed by atoms with Gasteiger partial charge in [-0.05, 0) is 12.1 Å². The number of nitrogens with one attached hydrogen (secondary N) is 2. The summed E-state index contributed by atoms with van der Waals surface area (Å²) in [6.45, 7) is -0.231. The molecule has 6 heteroatoms. The molecule has 1 aromatic carbocycles. The SMILES string of the molecule is O=C(Nc1ccccc1C#CCO)c1cn[nH]n1. The topological polar surface area (TPSA) is 90.9 Å². The van der Waals surface area contributed by atoms with Gasteiger partial charge in [0.05, 0.1) is 11.9 Å². The van der Waals surface area contributed by atoms with Crippen LogP contribution in [0.5, 0.6) is 0 Å². The van der Waals surface area contributed by atoms with Gasteiger partial charge in [0.1, 0.15) is 6.61 Å². The van der Waals surface area contributed by atoms with Crippen molar-refractivity contribution in [1.29, 1.82) is 0 Å². The minimum atomic E-state index is -0.373. The quantitative estimate of drug-likeness (QED) is 0.665. The van der Waals surface area contributed by atoms with Crippen molar-refractivity contribution in [3.8, 4) is 11.8 Å². The highest BCUT2D eigenvalue weighted by atomic mass is 16.2. The molecule has 0 spiro atoms. The van der Waals surface area contributed by atoms with Crippen LogP contribution in [-0.2, 0) is 0 Å². The third-order valence-corrected chi connectivity index (χ3v) is 2.13. The molecule has 18 heavy (non-hydrogen) atoms. The Kier molecular flexibility index (Phi) is 3.69. The summed E-state index contributed by atoms with van der Waals surface area (Å²) in [6.07, 6.45) is 1.33. The van der Waals surface area contributed by atoms with E-state index >= 15 is 0 Å². The lowest BCUT2D eigenvalue weighted by atomic mass is 10.2. The number of carbonyl (C=O) groups excluding carboxylic acids is 1. The summed E-state index contributed by atoms with van der Waals surface area (Å²) in [7, 11) is 0. The number of hydrogen-bond acceptors (Lipinski definition) is 4. The predicted octanol–water partition coefficient (Wildman–Crippen LogP) is 0.401. The van der Waals surface area contributed by atoms with Crippen molar-refractivity contribution in [2.75, 3.05) is 11.9 Å². The average molecular weight is 242 g/mol. The van der Waals surface area contributed by atoms with Crippen LogP contribution >= 0.6 is 0 Å². The standard InChI is InChI=1S/C12H10N4O2/c17-7-3-5-9-4-1-2-6-10(9)14-12(18)11-8-13-16-15-11/h1-2,4,6,8,17H,7H2,(H,14,18)(H,13,15,16). The van der Waals surface area contributed by atoms with E-state index in [0.29, 0.717) is 11.3 Å². The number of aliphatic hydroxyl groups excluding tert-OH is 1. The van der Waals surface area contributed by atoms with E-state index in [1.807, 2.05) is 0 Å². The third-order valence-electron chi connectivity index (χ3n) is 2.13. The fourth-order valence-electron chi connectivity index (χ4n) is 1.33. The van der Waals surface area contributed by atoms with Gasteiger partial charge >= 0.3 is 0 Å². The fraction of sp³-hybridized carbons (Fsp3) is 0.0833. The van der Waals surface area contributed by atoms with Gasteiger partial charge in [-0.25, -0.2) is 0 Å². The third kappa shape index (κ3) is 2.72. The number of aromatic amines is 1. The second-order valence-electron chi connectivity index (χ2n) is 3.31. The van der Waals surface area contributed by atoms with Gasteiger partial charge < -0.3 is 10.4 Å². The Hall–Kier alpha value is -2.65. The molecule has 0 radical (unpaired) electrons. The lowest BCUT2D eigenvalue weighted by molar-refractivity contribution is 0.102. The Morgan fingerprint density at radius 1 is 1.44 bits per heavy atom. The smallest absolute Gasteiger partial charge is 0.277 e.